The Labute approximate surface area is 115 Å². The van der Waals surface area contributed by atoms with Crippen LogP contribution in [0.4, 0.5) is 10.5 Å². The van der Waals surface area contributed by atoms with Crippen molar-refractivity contribution in [3.8, 4) is 0 Å². The molecule has 2 rings (SSSR count). The number of rotatable bonds is 4. The molecule has 0 saturated carbocycles. The summed E-state index contributed by atoms with van der Waals surface area (Å²) in [6.07, 6.45) is 3.41. The molecule has 2 aromatic rings. The molecule has 1 aromatic heterocycles. The molecule has 0 bridgehead atoms. The van der Waals surface area contributed by atoms with Crippen LogP contribution in [0.15, 0.2) is 36.7 Å². The number of nitrogens with two attached hydrogens (primary N) is 1. The monoisotopic (exact) mass is 273 g/mol. The molecule has 1 heterocycles. The molecule has 0 saturated heterocycles. The molecule has 7 heteroatoms. The van der Waals surface area contributed by atoms with Gasteiger partial charge < -0.3 is 16.0 Å². The summed E-state index contributed by atoms with van der Waals surface area (Å²) >= 11 is 0. The number of aromatic amines is 1. The number of aromatic nitrogens is 2. The van der Waals surface area contributed by atoms with E-state index in [0.29, 0.717) is 17.8 Å². The summed E-state index contributed by atoms with van der Waals surface area (Å²) in [5.74, 6) is -0.114. The molecule has 0 aliphatic carbocycles. The van der Waals surface area contributed by atoms with Crippen LogP contribution in [-0.2, 0) is 6.54 Å². The van der Waals surface area contributed by atoms with Gasteiger partial charge in [-0.1, -0.05) is 0 Å². The lowest BCUT2D eigenvalue weighted by molar-refractivity contribution is 0.0785. The van der Waals surface area contributed by atoms with Gasteiger partial charge in [-0.2, -0.15) is 5.10 Å². The summed E-state index contributed by atoms with van der Waals surface area (Å²) in [4.78, 5) is 24.5. The van der Waals surface area contributed by atoms with Gasteiger partial charge in [0.2, 0.25) is 0 Å². The minimum atomic E-state index is -0.638. The third-order valence-electron chi connectivity index (χ3n) is 2.72. The van der Waals surface area contributed by atoms with Crippen molar-refractivity contribution in [1.29, 1.82) is 0 Å². The van der Waals surface area contributed by atoms with Gasteiger partial charge in [0.25, 0.3) is 5.91 Å². The topological polar surface area (TPSA) is 104 Å². The van der Waals surface area contributed by atoms with Crippen LogP contribution in [0.3, 0.4) is 0 Å². The zero-order chi connectivity index (χ0) is 14.5. The fraction of sp³-hybridized carbons (Fsp3) is 0.154. The van der Waals surface area contributed by atoms with Crippen LogP contribution in [0.5, 0.6) is 0 Å². The van der Waals surface area contributed by atoms with Crippen molar-refractivity contribution >= 4 is 17.6 Å². The van der Waals surface area contributed by atoms with Crippen LogP contribution in [0, 0.1) is 0 Å². The summed E-state index contributed by atoms with van der Waals surface area (Å²) in [7, 11) is 1.71. The lowest BCUT2D eigenvalue weighted by atomic mass is 10.1. The average Bonchev–Trinajstić information content (AvgIpc) is 2.91. The Kier molecular flexibility index (Phi) is 3.99. The number of benzene rings is 1. The van der Waals surface area contributed by atoms with Gasteiger partial charge in [0.05, 0.1) is 6.20 Å². The largest absolute Gasteiger partial charge is 0.351 e. The zero-order valence-corrected chi connectivity index (χ0v) is 11.0. The van der Waals surface area contributed by atoms with Gasteiger partial charge in [-0.15, -0.1) is 0 Å². The van der Waals surface area contributed by atoms with Crippen LogP contribution in [-0.4, -0.2) is 34.1 Å². The first-order chi connectivity index (χ1) is 9.56. The Balaban J connectivity index is 2.03. The normalized spacial score (nSPS) is 10.1. The molecule has 7 nitrogen and oxygen atoms in total. The molecular formula is C13H15N5O2. The Morgan fingerprint density at radius 1 is 1.35 bits per heavy atom. The maximum absolute atomic E-state index is 12.2. The number of amides is 3. The lowest BCUT2D eigenvalue weighted by Crippen LogP contribution is -2.26. The molecule has 0 fully saturated rings. The van der Waals surface area contributed by atoms with E-state index in [1.54, 1.807) is 48.6 Å². The number of anilines is 1. The molecule has 104 valence electrons. The van der Waals surface area contributed by atoms with Crippen molar-refractivity contribution in [2.24, 2.45) is 5.73 Å². The van der Waals surface area contributed by atoms with E-state index < -0.39 is 6.03 Å². The predicted octanol–water partition coefficient (Wildman–Crippen LogP) is 1.17. The highest BCUT2D eigenvalue weighted by molar-refractivity contribution is 5.95. The van der Waals surface area contributed by atoms with E-state index in [4.69, 9.17) is 5.73 Å². The van der Waals surface area contributed by atoms with Gasteiger partial charge in [0.1, 0.15) is 0 Å². The highest BCUT2D eigenvalue weighted by Crippen LogP contribution is 2.12. The minimum absolute atomic E-state index is 0.114. The Bertz CT molecular complexity index is 592. The molecule has 1 aromatic carbocycles. The molecular weight excluding hydrogens is 258 g/mol. The molecule has 4 N–H and O–H groups in total. The molecule has 0 radical (unpaired) electrons. The number of hydrogen-bond acceptors (Lipinski definition) is 3. The molecule has 0 atom stereocenters. The van der Waals surface area contributed by atoms with Gasteiger partial charge in [-0.25, -0.2) is 4.79 Å². The first kappa shape index (κ1) is 13.6. The highest BCUT2D eigenvalue weighted by Gasteiger charge is 2.12. The van der Waals surface area contributed by atoms with Crippen LogP contribution in [0.25, 0.3) is 0 Å². The molecule has 0 unspecified atom stereocenters. The molecule has 3 amide bonds. The molecule has 0 aliphatic heterocycles. The quantitative estimate of drug-likeness (QED) is 0.778. The fourth-order valence-corrected chi connectivity index (χ4v) is 1.77. The second-order valence-corrected chi connectivity index (χ2v) is 4.33. The van der Waals surface area contributed by atoms with Gasteiger partial charge in [0.15, 0.2) is 0 Å². The number of carbonyl (C=O) groups excluding carboxylic acids is 2. The van der Waals surface area contributed by atoms with Gasteiger partial charge in [-0.3, -0.25) is 9.89 Å². The van der Waals surface area contributed by atoms with Gasteiger partial charge in [-0.05, 0) is 24.3 Å². The molecule has 0 aliphatic rings. The van der Waals surface area contributed by atoms with Crippen molar-refractivity contribution in [2.45, 2.75) is 6.54 Å². The number of carbonyl (C=O) groups is 2. The van der Waals surface area contributed by atoms with Crippen LogP contribution < -0.4 is 11.1 Å². The number of H-pyrrole nitrogens is 1. The van der Waals surface area contributed by atoms with E-state index in [-0.39, 0.29) is 5.91 Å². The lowest BCUT2D eigenvalue weighted by Gasteiger charge is -2.16. The van der Waals surface area contributed by atoms with E-state index in [1.165, 1.54) is 0 Å². The van der Waals surface area contributed by atoms with E-state index in [1.807, 2.05) is 0 Å². The van der Waals surface area contributed by atoms with Crippen molar-refractivity contribution in [2.75, 3.05) is 12.4 Å². The van der Waals surface area contributed by atoms with E-state index in [2.05, 4.69) is 15.5 Å². The first-order valence-corrected chi connectivity index (χ1v) is 5.96. The maximum Gasteiger partial charge on any atom is 0.316 e. The molecule has 20 heavy (non-hydrogen) atoms. The highest BCUT2D eigenvalue weighted by atomic mass is 16.2. The number of primary amides is 1. The Morgan fingerprint density at radius 3 is 2.60 bits per heavy atom. The Hall–Kier alpha value is -2.83. The van der Waals surface area contributed by atoms with Crippen LogP contribution in [0.2, 0.25) is 0 Å². The fourth-order valence-electron chi connectivity index (χ4n) is 1.77. The summed E-state index contributed by atoms with van der Waals surface area (Å²) in [5, 5.41) is 8.97. The second-order valence-electron chi connectivity index (χ2n) is 4.33. The Morgan fingerprint density at radius 2 is 2.05 bits per heavy atom. The van der Waals surface area contributed by atoms with Gasteiger partial charge in [0, 0.05) is 36.6 Å². The van der Waals surface area contributed by atoms with E-state index in [9.17, 15) is 9.59 Å². The average molecular weight is 273 g/mol. The first-order valence-electron chi connectivity index (χ1n) is 5.96. The van der Waals surface area contributed by atoms with Crippen molar-refractivity contribution < 1.29 is 9.59 Å². The number of nitrogens with zero attached hydrogens (tertiary/aromatic N) is 2. The maximum atomic E-state index is 12.2. The van der Waals surface area contributed by atoms with E-state index >= 15 is 0 Å². The predicted molar refractivity (Wildman–Crippen MR) is 74.0 cm³/mol. The summed E-state index contributed by atoms with van der Waals surface area (Å²) < 4.78 is 0. The zero-order valence-electron chi connectivity index (χ0n) is 11.0. The minimum Gasteiger partial charge on any atom is -0.351 e. The third kappa shape index (κ3) is 3.35. The second kappa shape index (κ2) is 5.87. The number of hydrogen-bond donors (Lipinski definition) is 3. The van der Waals surface area contributed by atoms with Gasteiger partial charge >= 0.3 is 6.03 Å². The van der Waals surface area contributed by atoms with E-state index in [0.717, 1.165) is 5.56 Å². The van der Waals surface area contributed by atoms with Crippen molar-refractivity contribution in [3.05, 3.63) is 47.8 Å². The summed E-state index contributed by atoms with van der Waals surface area (Å²) in [5.41, 5.74) is 7.02. The molecule has 0 spiro atoms. The number of nitrogens with one attached hydrogen (secondary N) is 2. The SMILES string of the molecule is CN(Cc1cn[nH]c1)C(=O)c1ccc(NC(N)=O)cc1. The standard InChI is InChI=1S/C13H15N5O2/c1-18(8-9-6-15-16-7-9)12(19)10-2-4-11(5-3-10)17-13(14)20/h2-7H,8H2,1H3,(H,15,16)(H3,14,17,20). The third-order valence-corrected chi connectivity index (χ3v) is 2.72. The van der Waals surface area contributed by atoms with Crippen molar-refractivity contribution in [3.63, 3.8) is 0 Å². The van der Waals surface area contributed by atoms with Crippen LogP contribution >= 0.6 is 0 Å². The number of urea groups is 1. The van der Waals surface area contributed by atoms with Crippen molar-refractivity contribution in [1.82, 2.24) is 15.1 Å². The summed E-state index contributed by atoms with van der Waals surface area (Å²) in [6.45, 7) is 0.469. The van der Waals surface area contributed by atoms with Crippen LogP contribution in [0.1, 0.15) is 15.9 Å². The summed E-state index contributed by atoms with van der Waals surface area (Å²) in [6, 6.07) is 5.90. The smallest absolute Gasteiger partial charge is 0.316 e.